The van der Waals surface area contributed by atoms with Crippen molar-refractivity contribution in [2.75, 3.05) is 7.11 Å². The monoisotopic (exact) mass is 304 g/mol. The van der Waals surface area contributed by atoms with E-state index in [1.54, 1.807) is 18.4 Å². The molecule has 0 radical (unpaired) electrons. The zero-order valence-corrected chi connectivity index (χ0v) is 13.1. The van der Waals surface area contributed by atoms with Crippen molar-refractivity contribution in [1.82, 2.24) is 9.55 Å². The van der Waals surface area contributed by atoms with Gasteiger partial charge in [0.15, 0.2) is 4.77 Å². The molecule has 1 aromatic carbocycles. The van der Waals surface area contributed by atoms with Gasteiger partial charge in [0.1, 0.15) is 5.75 Å². The van der Waals surface area contributed by atoms with Crippen molar-refractivity contribution in [2.24, 2.45) is 0 Å². The quantitative estimate of drug-likeness (QED) is 0.704. The number of methoxy groups -OCH3 is 1. The maximum atomic E-state index is 5.52. The number of benzene rings is 1. The lowest BCUT2D eigenvalue weighted by Crippen LogP contribution is -2.08. The lowest BCUT2D eigenvalue weighted by atomic mass is 10.1. The van der Waals surface area contributed by atoms with Crippen molar-refractivity contribution in [3.63, 3.8) is 0 Å². The molecule has 3 rings (SSSR count). The van der Waals surface area contributed by atoms with E-state index in [4.69, 9.17) is 17.0 Å². The van der Waals surface area contributed by atoms with Gasteiger partial charge in [0.25, 0.3) is 0 Å². The number of aromatic nitrogens is 2. The predicted molar refractivity (Wildman–Crippen MR) is 86.4 cm³/mol. The second kappa shape index (κ2) is 5.42. The summed E-state index contributed by atoms with van der Waals surface area (Å²) in [7, 11) is 1.68. The number of hydrogen-bond acceptors (Lipinski definition) is 3. The summed E-state index contributed by atoms with van der Waals surface area (Å²) >= 11 is 7.29. The van der Waals surface area contributed by atoms with Gasteiger partial charge in [-0.3, -0.25) is 0 Å². The van der Waals surface area contributed by atoms with Crippen LogP contribution < -0.4 is 4.74 Å². The minimum absolute atomic E-state index is 0.267. The molecule has 0 saturated carbocycles. The predicted octanol–water partition coefficient (Wildman–Crippen LogP) is 4.77. The van der Waals surface area contributed by atoms with E-state index in [1.165, 1.54) is 4.88 Å². The second-order valence-electron chi connectivity index (χ2n) is 4.62. The minimum atomic E-state index is 0.267. The first-order chi connectivity index (χ1) is 9.74. The maximum Gasteiger partial charge on any atom is 0.178 e. The van der Waals surface area contributed by atoms with Crippen LogP contribution in [-0.2, 0) is 0 Å². The van der Waals surface area contributed by atoms with Crippen LogP contribution in [0, 0.1) is 4.77 Å². The van der Waals surface area contributed by atoms with E-state index in [1.807, 2.05) is 18.2 Å². The zero-order chi connectivity index (χ0) is 14.1. The molecular formula is C15H16N2OS2. The van der Waals surface area contributed by atoms with Gasteiger partial charge >= 0.3 is 0 Å². The van der Waals surface area contributed by atoms with Crippen LogP contribution in [0.15, 0.2) is 35.7 Å². The number of nitrogens with zero attached hydrogens (tertiary/aromatic N) is 1. The number of hydrogen-bond donors (Lipinski definition) is 1. The number of imidazole rings is 1. The molecule has 3 aromatic rings. The molecule has 2 aromatic heterocycles. The molecule has 0 fully saturated rings. The first-order valence-corrected chi connectivity index (χ1v) is 7.85. The molecule has 0 spiro atoms. The molecule has 20 heavy (non-hydrogen) atoms. The van der Waals surface area contributed by atoms with Crippen LogP contribution in [0.25, 0.3) is 11.0 Å². The maximum absolute atomic E-state index is 5.52. The van der Waals surface area contributed by atoms with Gasteiger partial charge in [-0.15, -0.1) is 11.3 Å². The van der Waals surface area contributed by atoms with Crippen LogP contribution in [0.1, 0.15) is 24.3 Å². The van der Waals surface area contributed by atoms with Gasteiger partial charge in [0.05, 0.1) is 24.2 Å². The third kappa shape index (κ3) is 2.17. The van der Waals surface area contributed by atoms with Gasteiger partial charge in [-0.05, 0) is 42.2 Å². The summed E-state index contributed by atoms with van der Waals surface area (Å²) in [6.45, 7) is 2.19. The lowest BCUT2D eigenvalue weighted by molar-refractivity contribution is 0.415. The molecule has 104 valence electrons. The summed E-state index contributed by atoms with van der Waals surface area (Å²) in [5, 5.41) is 2.11. The molecule has 0 amide bonds. The summed E-state index contributed by atoms with van der Waals surface area (Å²) in [4.78, 5) is 4.61. The standard InChI is InChI=1S/C15H16N2OS2/c1-3-12(14-5-4-8-20-14)17-13-9-10(18-2)6-7-11(13)16-15(17)19/h4-9,12H,3H2,1-2H3,(H,16,19). The molecule has 1 unspecified atom stereocenters. The number of rotatable bonds is 4. The summed E-state index contributed by atoms with van der Waals surface area (Å²) in [6, 6.07) is 10.5. The van der Waals surface area contributed by atoms with Gasteiger partial charge in [0.2, 0.25) is 0 Å². The molecule has 1 N–H and O–H groups in total. The van der Waals surface area contributed by atoms with Gasteiger partial charge in [-0.2, -0.15) is 0 Å². The van der Waals surface area contributed by atoms with Crippen LogP contribution in [0.3, 0.4) is 0 Å². The Morgan fingerprint density at radius 2 is 2.25 bits per heavy atom. The van der Waals surface area contributed by atoms with Gasteiger partial charge in [-0.1, -0.05) is 13.0 Å². The smallest absolute Gasteiger partial charge is 0.178 e. The van der Waals surface area contributed by atoms with Crippen LogP contribution in [0.2, 0.25) is 0 Å². The van der Waals surface area contributed by atoms with E-state index in [2.05, 4.69) is 34.0 Å². The van der Waals surface area contributed by atoms with Crippen LogP contribution in [-0.4, -0.2) is 16.7 Å². The largest absolute Gasteiger partial charge is 0.497 e. The summed E-state index contributed by atoms with van der Waals surface area (Å²) in [5.74, 6) is 0.848. The Labute approximate surface area is 126 Å². The first-order valence-electron chi connectivity index (χ1n) is 6.56. The third-order valence-electron chi connectivity index (χ3n) is 3.49. The molecule has 3 nitrogen and oxygen atoms in total. The Hall–Kier alpha value is -1.59. The fourth-order valence-electron chi connectivity index (χ4n) is 2.53. The van der Waals surface area contributed by atoms with Gasteiger partial charge < -0.3 is 14.3 Å². The highest BCUT2D eigenvalue weighted by atomic mass is 32.1. The number of H-pyrrole nitrogens is 1. The Bertz CT molecular complexity index is 771. The Morgan fingerprint density at radius 3 is 2.90 bits per heavy atom. The Kier molecular flexibility index (Phi) is 3.63. The van der Waals surface area contributed by atoms with Crippen molar-refractivity contribution in [3.05, 3.63) is 45.4 Å². The number of thiophene rings is 1. The summed E-state index contributed by atoms with van der Waals surface area (Å²) in [6.07, 6.45) is 0.999. The van der Waals surface area contributed by atoms with Crippen molar-refractivity contribution in [3.8, 4) is 5.75 Å². The van der Waals surface area contributed by atoms with Gasteiger partial charge in [0, 0.05) is 10.9 Å². The Morgan fingerprint density at radius 1 is 1.40 bits per heavy atom. The SMILES string of the molecule is CCC(c1cccs1)n1c(=S)[nH]c2ccc(OC)cc21. The number of aromatic amines is 1. The minimum Gasteiger partial charge on any atom is -0.497 e. The highest BCUT2D eigenvalue weighted by Gasteiger charge is 2.17. The van der Waals surface area contributed by atoms with E-state index < -0.39 is 0 Å². The fraction of sp³-hybridized carbons (Fsp3) is 0.267. The zero-order valence-electron chi connectivity index (χ0n) is 11.4. The average molecular weight is 304 g/mol. The highest BCUT2D eigenvalue weighted by Crippen LogP contribution is 2.31. The van der Waals surface area contributed by atoms with E-state index in [9.17, 15) is 0 Å². The van der Waals surface area contributed by atoms with Crippen LogP contribution in [0.5, 0.6) is 5.75 Å². The normalized spacial score (nSPS) is 12.7. The molecular weight excluding hydrogens is 288 g/mol. The molecule has 0 saturated heterocycles. The molecule has 0 bridgehead atoms. The lowest BCUT2D eigenvalue weighted by Gasteiger charge is -2.16. The molecule has 0 aliphatic heterocycles. The number of ether oxygens (including phenoxy) is 1. The third-order valence-corrected chi connectivity index (χ3v) is 4.77. The van der Waals surface area contributed by atoms with Crippen molar-refractivity contribution in [2.45, 2.75) is 19.4 Å². The summed E-state index contributed by atoms with van der Waals surface area (Å²) in [5.41, 5.74) is 2.14. The summed E-state index contributed by atoms with van der Waals surface area (Å²) < 4.78 is 8.28. The van der Waals surface area contributed by atoms with Crippen molar-refractivity contribution < 1.29 is 4.74 Å². The van der Waals surface area contributed by atoms with E-state index in [-0.39, 0.29) is 6.04 Å². The molecule has 0 aliphatic carbocycles. The van der Waals surface area contributed by atoms with Crippen LogP contribution in [0.4, 0.5) is 0 Å². The van der Waals surface area contributed by atoms with Crippen molar-refractivity contribution >= 4 is 34.6 Å². The fourth-order valence-corrected chi connectivity index (χ4v) is 3.77. The molecule has 0 aliphatic rings. The number of fused-ring (bicyclic) bond motifs is 1. The first kappa shape index (κ1) is 13.4. The van der Waals surface area contributed by atoms with Crippen molar-refractivity contribution in [1.29, 1.82) is 0 Å². The average Bonchev–Trinajstić information content (AvgIpc) is 3.08. The molecule has 2 heterocycles. The molecule has 1 atom stereocenters. The van der Waals surface area contributed by atoms with E-state index in [0.29, 0.717) is 0 Å². The molecule has 5 heteroatoms. The van der Waals surface area contributed by atoms with E-state index >= 15 is 0 Å². The van der Waals surface area contributed by atoms with E-state index in [0.717, 1.165) is 28.0 Å². The second-order valence-corrected chi connectivity index (χ2v) is 5.99. The van der Waals surface area contributed by atoms with Crippen LogP contribution >= 0.6 is 23.6 Å². The number of nitrogens with one attached hydrogen (secondary N) is 1. The topological polar surface area (TPSA) is 29.9 Å². The highest BCUT2D eigenvalue weighted by molar-refractivity contribution is 7.71. The van der Waals surface area contributed by atoms with Gasteiger partial charge in [-0.25, -0.2) is 0 Å². The Balaban J connectivity index is 2.23.